The molecule has 0 radical (unpaired) electrons. The number of ether oxygens (including phenoxy) is 1. The van der Waals surface area contributed by atoms with Crippen LogP contribution in [0.3, 0.4) is 0 Å². The van der Waals surface area contributed by atoms with Crippen LogP contribution in [0, 0.1) is 0 Å². The Hall–Kier alpha value is -1.44. The number of nitrogens with one attached hydrogen (secondary N) is 2. The normalized spacial score (nSPS) is 13.2. The van der Waals surface area contributed by atoms with Gasteiger partial charge in [-0.15, -0.1) is 0 Å². The largest absolute Gasteiger partial charge is 0.455 e. The summed E-state index contributed by atoms with van der Waals surface area (Å²) in [6.45, 7) is 4.41. The Morgan fingerprint density at radius 2 is 2.23 bits per heavy atom. The van der Waals surface area contributed by atoms with Crippen LogP contribution in [0.25, 0.3) is 11.0 Å². The number of rotatable bonds is 5. The van der Waals surface area contributed by atoms with E-state index in [1.54, 1.807) is 7.11 Å². The van der Waals surface area contributed by atoms with Crippen molar-refractivity contribution in [3.05, 3.63) is 34.5 Å². The number of hydrogen-bond acceptors (Lipinski definition) is 4. The highest BCUT2D eigenvalue weighted by Crippen LogP contribution is 2.23. The van der Waals surface area contributed by atoms with Gasteiger partial charge in [0.25, 0.3) is 0 Å². The highest BCUT2D eigenvalue weighted by molar-refractivity contribution is 9.10. The molecule has 1 atom stereocenters. The van der Waals surface area contributed by atoms with E-state index in [2.05, 4.69) is 31.8 Å². The van der Waals surface area contributed by atoms with Crippen molar-refractivity contribution in [3.8, 4) is 0 Å². The third kappa shape index (κ3) is 4.53. The Bertz CT molecular complexity index is 699. The van der Waals surface area contributed by atoms with Gasteiger partial charge in [-0.2, -0.15) is 5.10 Å². The minimum absolute atomic E-state index is 0.115. The van der Waals surface area contributed by atoms with Crippen LogP contribution in [-0.4, -0.2) is 30.6 Å². The molecular weight excluding hydrogens is 366 g/mol. The molecule has 0 aliphatic carbocycles. The van der Waals surface area contributed by atoms with Crippen LogP contribution < -0.4 is 10.7 Å². The average molecular weight is 384 g/mol. The molecule has 0 spiro atoms. The number of furan rings is 1. The summed E-state index contributed by atoms with van der Waals surface area (Å²) in [4.78, 5) is 0. The molecule has 2 aromatic rings. The smallest absolute Gasteiger partial charge is 0.187 e. The number of hydrazone groups is 1. The molecule has 22 heavy (non-hydrogen) atoms. The molecule has 0 fully saturated rings. The van der Waals surface area contributed by atoms with Crippen molar-refractivity contribution in [2.45, 2.75) is 19.9 Å². The fraction of sp³-hybridized carbons (Fsp3) is 0.333. The second-order valence-electron chi connectivity index (χ2n) is 4.93. The molecule has 7 heteroatoms. The first-order valence-electron chi connectivity index (χ1n) is 6.79. The molecule has 1 aromatic heterocycles. The van der Waals surface area contributed by atoms with Gasteiger partial charge in [-0.05, 0) is 50.3 Å². The fourth-order valence-corrected chi connectivity index (χ4v) is 2.56. The predicted molar refractivity (Wildman–Crippen MR) is 96.3 cm³/mol. The first-order chi connectivity index (χ1) is 10.5. The zero-order valence-electron chi connectivity index (χ0n) is 12.6. The van der Waals surface area contributed by atoms with Gasteiger partial charge in [0.1, 0.15) is 11.3 Å². The monoisotopic (exact) mass is 383 g/mol. The molecule has 2 rings (SSSR count). The van der Waals surface area contributed by atoms with Crippen molar-refractivity contribution >= 4 is 49.9 Å². The van der Waals surface area contributed by atoms with Crippen molar-refractivity contribution in [1.82, 2.24) is 10.7 Å². The van der Waals surface area contributed by atoms with Crippen LogP contribution in [0.5, 0.6) is 0 Å². The predicted octanol–water partition coefficient (Wildman–Crippen LogP) is 3.42. The Balaban J connectivity index is 2.02. The van der Waals surface area contributed by atoms with Gasteiger partial charge in [0, 0.05) is 23.0 Å². The quantitative estimate of drug-likeness (QED) is 0.470. The number of fused-ring (bicyclic) bond motifs is 1. The highest BCUT2D eigenvalue weighted by atomic mass is 79.9. The molecule has 0 saturated carbocycles. The molecule has 2 N–H and O–H groups in total. The first kappa shape index (κ1) is 16.9. The lowest BCUT2D eigenvalue weighted by Crippen LogP contribution is -2.40. The Kier molecular flexibility index (Phi) is 5.93. The third-order valence-electron chi connectivity index (χ3n) is 2.95. The summed E-state index contributed by atoms with van der Waals surface area (Å²) in [7, 11) is 1.65. The lowest BCUT2D eigenvalue weighted by atomic mass is 10.2. The van der Waals surface area contributed by atoms with Crippen molar-refractivity contribution in [1.29, 1.82) is 0 Å². The van der Waals surface area contributed by atoms with Gasteiger partial charge in [-0.3, -0.25) is 5.43 Å². The Morgan fingerprint density at radius 1 is 1.45 bits per heavy atom. The molecule has 1 heterocycles. The minimum Gasteiger partial charge on any atom is -0.455 e. The molecule has 0 aliphatic heterocycles. The number of halogens is 1. The first-order valence-corrected chi connectivity index (χ1v) is 7.99. The summed E-state index contributed by atoms with van der Waals surface area (Å²) in [5.74, 6) is 0.702. The molecule has 0 amide bonds. The van der Waals surface area contributed by atoms with Crippen molar-refractivity contribution in [3.63, 3.8) is 0 Å². The molecule has 118 valence electrons. The van der Waals surface area contributed by atoms with E-state index in [1.165, 1.54) is 0 Å². The molecule has 0 saturated heterocycles. The third-order valence-corrected chi connectivity index (χ3v) is 3.66. The van der Waals surface area contributed by atoms with Crippen LogP contribution in [0.2, 0.25) is 0 Å². The summed E-state index contributed by atoms with van der Waals surface area (Å²) >= 11 is 8.62. The van der Waals surface area contributed by atoms with E-state index in [9.17, 15) is 0 Å². The summed E-state index contributed by atoms with van der Waals surface area (Å²) in [5, 5.41) is 8.78. The lowest BCUT2D eigenvalue weighted by molar-refractivity contribution is 0.179. The molecule has 0 aliphatic rings. The SMILES string of the molecule is COC[C@H](C)NC(=S)N/N=C(/C)c1cc2cc(Br)ccc2o1. The maximum atomic E-state index is 5.76. The van der Waals surface area contributed by atoms with Gasteiger partial charge in [0.2, 0.25) is 0 Å². The molecular formula is C15H18BrN3O2S. The number of thiocarbonyl (C=S) groups is 1. The van der Waals surface area contributed by atoms with Crippen LogP contribution in [-0.2, 0) is 4.74 Å². The second-order valence-corrected chi connectivity index (χ2v) is 6.26. The zero-order chi connectivity index (χ0) is 16.1. The fourth-order valence-electron chi connectivity index (χ4n) is 1.93. The number of methoxy groups -OCH3 is 1. The van der Waals surface area contributed by atoms with E-state index in [-0.39, 0.29) is 6.04 Å². The van der Waals surface area contributed by atoms with E-state index in [0.717, 1.165) is 21.2 Å². The Labute approximate surface area is 143 Å². The van der Waals surface area contributed by atoms with Crippen molar-refractivity contribution in [2.75, 3.05) is 13.7 Å². The van der Waals surface area contributed by atoms with Crippen molar-refractivity contribution in [2.24, 2.45) is 5.10 Å². The van der Waals surface area contributed by atoms with E-state index < -0.39 is 0 Å². The lowest BCUT2D eigenvalue weighted by Gasteiger charge is -2.14. The van der Waals surface area contributed by atoms with Gasteiger partial charge >= 0.3 is 0 Å². The standard InChI is InChI=1S/C15H18BrN3O2S/c1-9(8-20-3)17-15(22)19-18-10(2)14-7-11-6-12(16)4-5-13(11)21-14/h4-7,9H,8H2,1-3H3,(H2,17,19,22)/b18-10-/t9-/m0/s1. The summed E-state index contributed by atoms with van der Waals surface area (Å²) in [6.07, 6.45) is 0. The number of benzene rings is 1. The number of nitrogens with zero attached hydrogens (tertiary/aromatic N) is 1. The zero-order valence-corrected chi connectivity index (χ0v) is 15.0. The van der Waals surface area contributed by atoms with E-state index >= 15 is 0 Å². The van der Waals surface area contributed by atoms with Gasteiger partial charge in [-0.25, -0.2) is 0 Å². The minimum atomic E-state index is 0.115. The highest BCUT2D eigenvalue weighted by Gasteiger charge is 2.08. The van der Waals surface area contributed by atoms with Crippen LogP contribution in [0.15, 0.2) is 38.3 Å². The van der Waals surface area contributed by atoms with Crippen LogP contribution in [0.1, 0.15) is 19.6 Å². The van der Waals surface area contributed by atoms with E-state index in [4.69, 9.17) is 21.4 Å². The number of hydrogen-bond donors (Lipinski definition) is 2. The van der Waals surface area contributed by atoms with Crippen molar-refractivity contribution < 1.29 is 9.15 Å². The molecule has 5 nitrogen and oxygen atoms in total. The van der Waals surface area contributed by atoms with E-state index in [1.807, 2.05) is 38.1 Å². The average Bonchev–Trinajstić information content (AvgIpc) is 2.88. The van der Waals surface area contributed by atoms with Crippen LogP contribution >= 0.6 is 28.1 Å². The molecule has 1 aromatic carbocycles. The van der Waals surface area contributed by atoms with E-state index in [0.29, 0.717) is 17.5 Å². The molecule has 0 unspecified atom stereocenters. The second kappa shape index (κ2) is 7.71. The van der Waals surface area contributed by atoms with Gasteiger partial charge in [0.15, 0.2) is 10.9 Å². The summed E-state index contributed by atoms with van der Waals surface area (Å²) in [6, 6.07) is 7.93. The maximum absolute atomic E-state index is 5.76. The topological polar surface area (TPSA) is 58.8 Å². The van der Waals surface area contributed by atoms with Gasteiger partial charge in [-0.1, -0.05) is 15.9 Å². The Morgan fingerprint density at radius 3 is 2.95 bits per heavy atom. The molecule has 0 bridgehead atoms. The van der Waals surface area contributed by atoms with Gasteiger partial charge in [0.05, 0.1) is 6.61 Å². The summed E-state index contributed by atoms with van der Waals surface area (Å²) in [5.41, 5.74) is 4.35. The van der Waals surface area contributed by atoms with Crippen LogP contribution in [0.4, 0.5) is 0 Å². The maximum Gasteiger partial charge on any atom is 0.187 e. The summed E-state index contributed by atoms with van der Waals surface area (Å²) < 4.78 is 11.8. The van der Waals surface area contributed by atoms with Gasteiger partial charge < -0.3 is 14.5 Å².